The zero-order valence-corrected chi connectivity index (χ0v) is 25.7. The summed E-state index contributed by atoms with van der Waals surface area (Å²) in [6.07, 6.45) is 8.19. The maximum absolute atomic E-state index is 13.1. The molecule has 10 heteroatoms. The molecule has 4 rings (SSSR count). The fourth-order valence-corrected chi connectivity index (χ4v) is 3.54. The van der Waals surface area contributed by atoms with E-state index in [-0.39, 0.29) is 17.5 Å². The van der Waals surface area contributed by atoms with Crippen molar-refractivity contribution in [3.05, 3.63) is 109 Å². The molecular formula is C33H39FN6O3. The van der Waals surface area contributed by atoms with Gasteiger partial charge in [-0.1, -0.05) is 46.4 Å². The van der Waals surface area contributed by atoms with Crippen molar-refractivity contribution in [3.63, 3.8) is 0 Å². The van der Waals surface area contributed by atoms with E-state index in [0.29, 0.717) is 33.8 Å². The molecule has 0 saturated carbocycles. The molecule has 0 spiro atoms. The molecule has 3 amide bonds. The third-order valence-corrected chi connectivity index (χ3v) is 5.59. The first kappa shape index (κ1) is 34.0. The number of carbonyl (C=O) groups is 2. The summed E-state index contributed by atoms with van der Waals surface area (Å²) < 4.78 is 18.6. The number of H-pyrrole nitrogens is 1. The number of ether oxygens (including phenoxy) is 1. The number of aromatic nitrogens is 3. The Labute approximate surface area is 252 Å². The first-order valence-corrected chi connectivity index (χ1v) is 13.9. The first-order chi connectivity index (χ1) is 20.7. The van der Waals surface area contributed by atoms with Gasteiger partial charge in [-0.25, -0.2) is 9.18 Å². The molecule has 3 N–H and O–H groups in total. The summed E-state index contributed by atoms with van der Waals surface area (Å²) in [6.45, 7) is 13.6. The van der Waals surface area contributed by atoms with Crippen molar-refractivity contribution in [2.24, 2.45) is 0 Å². The maximum Gasteiger partial charge on any atom is 0.321 e. The predicted molar refractivity (Wildman–Crippen MR) is 171 cm³/mol. The number of hydrogen-bond acceptors (Lipinski definition) is 5. The second-order valence-corrected chi connectivity index (χ2v) is 8.67. The highest BCUT2D eigenvalue weighted by atomic mass is 19.1. The molecule has 0 unspecified atom stereocenters. The molecule has 0 fully saturated rings. The molecule has 226 valence electrons. The highest BCUT2D eigenvalue weighted by Gasteiger charge is 2.16. The Morgan fingerprint density at radius 2 is 1.67 bits per heavy atom. The molecule has 0 aliphatic carbocycles. The van der Waals surface area contributed by atoms with Crippen molar-refractivity contribution < 1.29 is 18.7 Å². The number of amides is 3. The summed E-state index contributed by atoms with van der Waals surface area (Å²) >= 11 is 0. The van der Waals surface area contributed by atoms with Crippen LogP contribution in [0.5, 0.6) is 5.75 Å². The van der Waals surface area contributed by atoms with Crippen molar-refractivity contribution in [2.75, 3.05) is 19.4 Å². The number of hydrogen-bond donors (Lipinski definition) is 3. The smallest absolute Gasteiger partial charge is 0.321 e. The molecule has 0 bridgehead atoms. The molecule has 0 saturated heterocycles. The van der Waals surface area contributed by atoms with E-state index in [0.717, 1.165) is 11.1 Å². The third-order valence-electron chi connectivity index (χ3n) is 5.59. The van der Waals surface area contributed by atoms with Gasteiger partial charge in [0.1, 0.15) is 17.3 Å². The van der Waals surface area contributed by atoms with Crippen molar-refractivity contribution in [1.82, 2.24) is 25.4 Å². The number of aromatic amines is 1. The Bertz CT molecular complexity index is 1590. The summed E-state index contributed by atoms with van der Waals surface area (Å²) in [6, 6.07) is 12.7. The average molecular weight is 587 g/mol. The molecule has 0 atom stereocenters. The lowest BCUT2D eigenvalue weighted by Crippen LogP contribution is -2.27. The third kappa shape index (κ3) is 9.67. The van der Waals surface area contributed by atoms with Crippen LogP contribution in [0.25, 0.3) is 22.0 Å². The number of pyridine rings is 1. The van der Waals surface area contributed by atoms with Gasteiger partial charge >= 0.3 is 6.03 Å². The first-order valence-electron chi connectivity index (χ1n) is 13.9. The molecule has 43 heavy (non-hydrogen) atoms. The van der Waals surface area contributed by atoms with E-state index in [2.05, 4.69) is 32.4 Å². The molecule has 4 aromatic rings. The lowest BCUT2D eigenvalue weighted by atomic mass is 10.0. The van der Waals surface area contributed by atoms with E-state index in [9.17, 15) is 14.0 Å². The van der Waals surface area contributed by atoms with Gasteiger partial charge in [0.15, 0.2) is 5.69 Å². The van der Waals surface area contributed by atoms with Crippen LogP contribution >= 0.6 is 0 Å². The molecular weight excluding hydrogens is 547 g/mol. The van der Waals surface area contributed by atoms with Gasteiger partial charge in [0.25, 0.3) is 5.91 Å². The maximum atomic E-state index is 13.1. The molecule has 0 aliphatic rings. The zero-order chi connectivity index (χ0) is 31.9. The number of nitrogens with zero attached hydrogens (tertiary/aromatic N) is 3. The molecule has 2 aromatic heterocycles. The fraction of sp³-hybridized carbons (Fsp3) is 0.212. The Kier molecular flexibility index (Phi) is 13.3. The summed E-state index contributed by atoms with van der Waals surface area (Å²) in [5, 5.41) is 13.3. The number of anilines is 1. The van der Waals surface area contributed by atoms with Crippen LogP contribution in [0, 0.1) is 5.82 Å². The number of nitrogens with one attached hydrogen (secondary N) is 3. The van der Waals surface area contributed by atoms with Crippen LogP contribution < -0.4 is 15.4 Å². The van der Waals surface area contributed by atoms with Gasteiger partial charge < -0.3 is 20.3 Å². The largest absolute Gasteiger partial charge is 0.458 e. The van der Waals surface area contributed by atoms with E-state index in [4.69, 9.17) is 4.74 Å². The predicted octanol–water partition coefficient (Wildman–Crippen LogP) is 7.69. The average Bonchev–Trinajstić information content (AvgIpc) is 3.46. The van der Waals surface area contributed by atoms with Gasteiger partial charge in [-0.05, 0) is 67.1 Å². The number of fused-ring (bicyclic) bond motifs is 1. The van der Waals surface area contributed by atoms with Gasteiger partial charge in [-0.2, -0.15) is 5.10 Å². The highest BCUT2D eigenvalue weighted by Crippen LogP contribution is 2.27. The van der Waals surface area contributed by atoms with E-state index in [1.54, 1.807) is 57.7 Å². The number of carbonyl (C=O) groups excluding carboxylic acids is 2. The Balaban J connectivity index is 0.00000155. The monoisotopic (exact) mass is 586 g/mol. The number of benzene rings is 2. The van der Waals surface area contributed by atoms with E-state index >= 15 is 0 Å². The molecule has 2 aromatic carbocycles. The standard InChI is InChI=1S/C29H27FN6O3.2C2H6/c1-5-22(10-6-18(2)39-24-11-8-21(30)9-12-24)32-28(37)27-25-15-19(7-13-26(25)34-35-27)20-14-23(17-31-16-20)33-29(38)36(3)4;2*1-2/h5-17H,2H2,1,3-4H3,(H,32,37)(H,33,38)(H,34,35);2*1-2H3/b10-6-,22-5+;;. The lowest BCUT2D eigenvalue weighted by molar-refractivity contribution is 0.0963. The van der Waals surface area contributed by atoms with Crippen molar-refractivity contribution in [2.45, 2.75) is 34.6 Å². The Morgan fingerprint density at radius 1 is 0.977 bits per heavy atom. The zero-order valence-electron chi connectivity index (χ0n) is 25.7. The van der Waals surface area contributed by atoms with Crippen LogP contribution in [0.3, 0.4) is 0 Å². The van der Waals surface area contributed by atoms with Gasteiger partial charge in [-0.15, -0.1) is 0 Å². The van der Waals surface area contributed by atoms with E-state index in [1.165, 1.54) is 29.2 Å². The van der Waals surface area contributed by atoms with Crippen LogP contribution in [-0.4, -0.2) is 46.1 Å². The van der Waals surface area contributed by atoms with Gasteiger partial charge in [0.2, 0.25) is 0 Å². The van der Waals surface area contributed by atoms with E-state index in [1.807, 2.05) is 45.9 Å². The second-order valence-electron chi connectivity index (χ2n) is 8.67. The molecule has 0 aliphatic heterocycles. The van der Waals surface area contributed by atoms with Gasteiger partial charge in [0, 0.05) is 36.9 Å². The summed E-state index contributed by atoms with van der Waals surface area (Å²) in [5.41, 5.74) is 3.51. The topological polar surface area (TPSA) is 112 Å². The van der Waals surface area contributed by atoms with Crippen molar-refractivity contribution >= 4 is 28.5 Å². The van der Waals surface area contributed by atoms with Gasteiger partial charge in [0.05, 0.1) is 17.4 Å². The quantitative estimate of drug-likeness (QED) is 0.145. The van der Waals surface area contributed by atoms with Crippen LogP contribution in [0.2, 0.25) is 0 Å². The van der Waals surface area contributed by atoms with Crippen molar-refractivity contribution in [3.8, 4) is 16.9 Å². The van der Waals surface area contributed by atoms with Crippen LogP contribution in [0.15, 0.2) is 97.2 Å². The Morgan fingerprint density at radius 3 is 2.33 bits per heavy atom. The summed E-state index contributed by atoms with van der Waals surface area (Å²) in [7, 11) is 3.30. The van der Waals surface area contributed by atoms with Crippen molar-refractivity contribution in [1.29, 1.82) is 0 Å². The number of urea groups is 1. The van der Waals surface area contributed by atoms with E-state index < -0.39 is 5.91 Å². The molecule has 9 nitrogen and oxygen atoms in total. The summed E-state index contributed by atoms with van der Waals surface area (Å²) in [4.78, 5) is 30.8. The minimum absolute atomic E-state index is 0.214. The molecule has 0 radical (unpaired) electrons. The van der Waals surface area contributed by atoms with Crippen LogP contribution in [0.4, 0.5) is 14.9 Å². The Hall–Kier alpha value is -5.25. The van der Waals surface area contributed by atoms with Crippen LogP contribution in [0.1, 0.15) is 45.1 Å². The fourth-order valence-electron chi connectivity index (χ4n) is 3.54. The second kappa shape index (κ2) is 16.9. The van der Waals surface area contributed by atoms with Crippen LogP contribution in [-0.2, 0) is 0 Å². The van der Waals surface area contributed by atoms with Gasteiger partial charge in [-0.3, -0.25) is 14.9 Å². The highest BCUT2D eigenvalue weighted by molar-refractivity contribution is 6.06. The minimum Gasteiger partial charge on any atom is -0.458 e. The lowest BCUT2D eigenvalue weighted by Gasteiger charge is -2.12. The number of rotatable bonds is 8. The summed E-state index contributed by atoms with van der Waals surface area (Å²) in [5.74, 6) is -0.0233. The normalized spacial score (nSPS) is 10.7. The molecule has 2 heterocycles. The SMILES string of the molecule is C=C(/C=C\C(=C/C)NC(=O)c1n[nH]c2ccc(-c3cncc(NC(=O)N(C)C)c3)cc12)Oc1ccc(F)cc1.CC.CC. The minimum atomic E-state index is -0.411. The number of halogens is 1. The number of allylic oxidation sites excluding steroid dienone is 3.